The van der Waals surface area contributed by atoms with E-state index in [4.69, 9.17) is 14.2 Å². The first-order valence-corrected chi connectivity index (χ1v) is 20.8. The van der Waals surface area contributed by atoms with Gasteiger partial charge in [0.1, 0.15) is 29.8 Å². The third-order valence-electron chi connectivity index (χ3n) is 12.5. The van der Waals surface area contributed by atoms with Crippen LogP contribution in [-0.2, 0) is 38.2 Å². The Morgan fingerprint density at radius 3 is 2.26 bits per heavy atom. The Morgan fingerprint density at radius 2 is 1.60 bits per heavy atom. The van der Waals surface area contributed by atoms with Crippen molar-refractivity contribution in [2.75, 3.05) is 19.8 Å². The zero-order valence-electron chi connectivity index (χ0n) is 33.1. The summed E-state index contributed by atoms with van der Waals surface area (Å²) in [6.07, 6.45) is 15.9. The van der Waals surface area contributed by atoms with Crippen LogP contribution in [0.25, 0.3) is 0 Å². The SMILES string of the molecule is C=CCOC(=O)C1(NC(=O)[C@@H]2C[C@@H](OCC3CCCC4CCCCC43)CN2C(=O)[C@@H](NC(=O)[C@@H](CC(=O)OC(C)(C)C)C2CCCCC2)C(C)C)CC1. The number of nitrogens with one attached hydrogen (secondary N) is 2. The van der Waals surface area contributed by atoms with Crippen LogP contribution in [0.5, 0.6) is 0 Å². The Balaban J connectivity index is 1.32. The smallest absolute Gasteiger partial charge is 0.332 e. The van der Waals surface area contributed by atoms with Crippen molar-refractivity contribution in [2.24, 2.45) is 35.5 Å². The average Bonchev–Trinajstić information content (AvgIpc) is 3.78. The molecule has 4 aliphatic carbocycles. The minimum absolute atomic E-state index is 0.0152. The number of carbonyl (C=O) groups excluding carboxylic acids is 5. The van der Waals surface area contributed by atoms with Gasteiger partial charge in [-0.2, -0.15) is 0 Å². The van der Waals surface area contributed by atoms with Crippen LogP contribution in [0.3, 0.4) is 0 Å². The number of hydrogen-bond acceptors (Lipinski definition) is 8. The molecule has 1 aliphatic heterocycles. The molecule has 0 aromatic heterocycles. The molecule has 0 spiro atoms. The highest BCUT2D eigenvalue weighted by Crippen LogP contribution is 2.44. The number of fused-ring (bicyclic) bond motifs is 1. The van der Waals surface area contributed by atoms with Crippen LogP contribution in [-0.4, -0.2) is 83.6 Å². The molecule has 11 nitrogen and oxygen atoms in total. The number of ether oxygens (including phenoxy) is 3. The summed E-state index contributed by atoms with van der Waals surface area (Å²) in [5.74, 6) is -1.01. The lowest BCUT2D eigenvalue weighted by atomic mass is 9.66. The number of likely N-dealkylation sites (tertiary alicyclic amines) is 1. The van der Waals surface area contributed by atoms with E-state index in [1.807, 2.05) is 34.6 Å². The van der Waals surface area contributed by atoms with Crippen molar-refractivity contribution in [1.29, 1.82) is 0 Å². The largest absolute Gasteiger partial charge is 0.460 e. The molecule has 0 bridgehead atoms. The van der Waals surface area contributed by atoms with Crippen molar-refractivity contribution in [1.82, 2.24) is 15.5 Å². The topological polar surface area (TPSA) is 140 Å². The molecular formula is C42H67N3O8. The first kappa shape index (κ1) is 41.2. The number of esters is 2. The van der Waals surface area contributed by atoms with Crippen molar-refractivity contribution >= 4 is 29.7 Å². The van der Waals surface area contributed by atoms with Gasteiger partial charge in [-0.25, -0.2) is 4.79 Å². The van der Waals surface area contributed by atoms with E-state index in [1.165, 1.54) is 44.6 Å². The van der Waals surface area contributed by atoms with E-state index < -0.39 is 47.0 Å². The quantitative estimate of drug-likeness (QED) is 0.153. The fourth-order valence-corrected chi connectivity index (χ4v) is 9.57. The molecule has 3 unspecified atom stereocenters. The van der Waals surface area contributed by atoms with E-state index in [9.17, 15) is 24.0 Å². The van der Waals surface area contributed by atoms with Crippen molar-refractivity contribution in [3.63, 3.8) is 0 Å². The summed E-state index contributed by atoms with van der Waals surface area (Å²) < 4.78 is 17.5. The Labute approximate surface area is 317 Å². The Bertz CT molecular complexity index is 1310. The molecule has 1 saturated heterocycles. The minimum atomic E-state index is -1.10. The van der Waals surface area contributed by atoms with Gasteiger partial charge in [-0.1, -0.05) is 77.9 Å². The monoisotopic (exact) mass is 741 g/mol. The molecule has 298 valence electrons. The van der Waals surface area contributed by atoms with Crippen LogP contribution < -0.4 is 10.6 Å². The summed E-state index contributed by atoms with van der Waals surface area (Å²) in [5.41, 5.74) is -1.78. The molecule has 53 heavy (non-hydrogen) atoms. The zero-order chi connectivity index (χ0) is 38.3. The molecule has 2 N–H and O–H groups in total. The van der Waals surface area contributed by atoms with Crippen LogP contribution in [0.2, 0.25) is 0 Å². The third kappa shape index (κ3) is 10.8. The molecule has 0 radical (unpaired) electrons. The molecule has 5 rings (SSSR count). The van der Waals surface area contributed by atoms with Gasteiger partial charge in [0.05, 0.1) is 25.0 Å². The van der Waals surface area contributed by atoms with E-state index >= 15 is 0 Å². The predicted octanol–water partition coefficient (Wildman–Crippen LogP) is 6.03. The van der Waals surface area contributed by atoms with Crippen LogP contribution in [0.1, 0.15) is 137 Å². The lowest BCUT2D eigenvalue weighted by molar-refractivity contribution is -0.158. The van der Waals surface area contributed by atoms with Crippen LogP contribution in [0.15, 0.2) is 12.7 Å². The van der Waals surface area contributed by atoms with E-state index in [1.54, 1.807) is 4.90 Å². The van der Waals surface area contributed by atoms with Crippen LogP contribution in [0, 0.1) is 35.5 Å². The fourth-order valence-electron chi connectivity index (χ4n) is 9.57. The van der Waals surface area contributed by atoms with Crippen molar-refractivity contribution < 1.29 is 38.2 Å². The van der Waals surface area contributed by atoms with Gasteiger partial charge in [-0.05, 0) is 88.9 Å². The number of hydrogen-bond donors (Lipinski definition) is 2. The third-order valence-corrected chi connectivity index (χ3v) is 12.5. The number of nitrogens with zero attached hydrogens (tertiary/aromatic N) is 1. The maximum Gasteiger partial charge on any atom is 0.332 e. The number of carbonyl (C=O) groups is 5. The standard InChI is InChI=1S/C42H67N3O8/c1-7-22-51-40(50)42(20-21-42)44-38(48)34-23-31(52-26-30-18-13-17-28-16-11-12-19-32(28)30)25-45(34)39(49)36(27(2)3)43-37(47)33(29-14-9-8-10-15-29)24-35(46)53-41(4,5)6/h7,27-34,36H,1,8-26H2,2-6H3,(H,43,47)(H,44,48)/t28?,30?,31-,32?,33+,34+,36+/m1/s1. The summed E-state index contributed by atoms with van der Waals surface area (Å²) in [4.78, 5) is 70.4. The molecule has 7 atom stereocenters. The summed E-state index contributed by atoms with van der Waals surface area (Å²) in [5, 5.41) is 6.00. The zero-order valence-corrected chi connectivity index (χ0v) is 33.1. The lowest BCUT2D eigenvalue weighted by Gasteiger charge is -2.41. The first-order chi connectivity index (χ1) is 25.2. The molecule has 1 heterocycles. The fraction of sp³-hybridized carbons (Fsp3) is 0.833. The molecule has 11 heteroatoms. The van der Waals surface area contributed by atoms with Gasteiger partial charge < -0.3 is 29.7 Å². The summed E-state index contributed by atoms with van der Waals surface area (Å²) in [6.45, 7) is 13.7. The van der Waals surface area contributed by atoms with Crippen LogP contribution in [0.4, 0.5) is 0 Å². The molecular weight excluding hydrogens is 674 g/mol. The van der Waals surface area contributed by atoms with E-state index in [0.29, 0.717) is 37.7 Å². The molecule has 5 aliphatic rings. The van der Waals surface area contributed by atoms with Gasteiger partial charge in [0.15, 0.2) is 0 Å². The summed E-state index contributed by atoms with van der Waals surface area (Å²) in [7, 11) is 0. The molecule has 5 fully saturated rings. The summed E-state index contributed by atoms with van der Waals surface area (Å²) >= 11 is 0. The Morgan fingerprint density at radius 1 is 0.925 bits per heavy atom. The second-order valence-electron chi connectivity index (χ2n) is 18.1. The number of rotatable bonds is 15. The maximum absolute atomic E-state index is 14.6. The Kier molecular flexibility index (Phi) is 14.1. The van der Waals surface area contributed by atoms with Gasteiger partial charge >= 0.3 is 11.9 Å². The predicted molar refractivity (Wildman–Crippen MR) is 201 cm³/mol. The summed E-state index contributed by atoms with van der Waals surface area (Å²) in [6, 6.07) is -1.80. The van der Waals surface area contributed by atoms with Crippen LogP contribution >= 0.6 is 0 Å². The van der Waals surface area contributed by atoms with E-state index in [2.05, 4.69) is 17.2 Å². The van der Waals surface area contributed by atoms with Crippen molar-refractivity contribution in [3.05, 3.63) is 12.7 Å². The molecule has 0 aromatic rings. The maximum atomic E-state index is 14.6. The second kappa shape index (κ2) is 18.1. The Hall–Kier alpha value is -2.95. The van der Waals surface area contributed by atoms with Gasteiger partial charge in [0.25, 0.3) is 0 Å². The highest BCUT2D eigenvalue weighted by Gasteiger charge is 2.55. The number of amides is 3. The van der Waals surface area contributed by atoms with Gasteiger partial charge in [0.2, 0.25) is 17.7 Å². The highest BCUT2D eigenvalue weighted by atomic mass is 16.6. The second-order valence-corrected chi connectivity index (χ2v) is 18.1. The van der Waals surface area contributed by atoms with Gasteiger partial charge in [-0.15, -0.1) is 0 Å². The van der Waals surface area contributed by atoms with Gasteiger partial charge in [0, 0.05) is 13.0 Å². The minimum Gasteiger partial charge on any atom is -0.460 e. The normalized spacial score (nSPS) is 28.3. The van der Waals surface area contributed by atoms with Crippen molar-refractivity contribution in [2.45, 2.75) is 167 Å². The van der Waals surface area contributed by atoms with E-state index in [0.717, 1.165) is 44.4 Å². The molecule has 4 saturated carbocycles. The van der Waals surface area contributed by atoms with Gasteiger partial charge in [-0.3, -0.25) is 19.2 Å². The highest BCUT2D eigenvalue weighted by molar-refractivity contribution is 5.96. The lowest BCUT2D eigenvalue weighted by Crippen LogP contribution is -2.58. The first-order valence-electron chi connectivity index (χ1n) is 20.8. The molecule has 0 aromatic carbocycles. The molecule has 3 amide bonds. The van der Waals surface area contributed by atoms with E-state index in [-0.39, 0.29) is 49.3 Å². The van der Waals surface area contributed by atoms with Crippen molar-refractivity contribution in [3.8, 4) is 0 Å². The average molecular weight is 742 g/mol.